The lowest BCUT2D eigenvalue weighted by Crippen LogP contribution is -2.36. The van der Waals surface area contributed by atoms with Crippen molar-refractivity contribution in [3.8, 4) is 5.75 Å². The molecule has 2 amide bonds. The van der Waals surface area contributed by atoms with Gasteiger partial charge in [-0.2, -0.15) is 0 Å². The van der Waals surface area contributed by atoms with Crippen molar-refractivity contribution >= 4 is 11.7 Å². The Kier molecular flexibility index (Phi) is 4.37. The van der Waals surface area contributed by atoms with E-state index in [0.717, 1.165) is 16.9 Å². The van der Waals surface area contributed by atoms with Gasteiger partial charge in [-0.25, -0.2) is 9.78 Å². The summed E-state index contributed by atoms with van der Waals surface area (Å²) in [5.74, 6) is 0.188. The quantitative estimate of drug-likeness (QED) is 0.775. The second-order valence-corrected chi connectivity index (χ2v) is 5.85. The maximum atomic E-state index is 12.2. The average molecular weight is 324 g/mol. The molecule has 0 aliphatic carbocycles. The number of benzene rings is 1. The van der Waals surface area contributed by atoms with E-state index >= 15 is 0 Å². The number of aromatic hydroxyl groups is 1. The van der Waals surface area contributed by atoms with Gasteiger partial charge >= 0.3 is 6.03 Å². The van der Waals surface area contributed by atoms with Gasteiger partial charge in [0.25, 0.3) is 0 Å². The Morgan fingerprint density at radius 3 is 2.83 bits per heavy atom. The average Bonchev–Trinajstić information content (AvgIpc) is 2.96. The maximum absolute atomic E-state index is 12.2. The SMILES string of the molecule is Cc1ccc2nc(CNC(=O)N(C)Cc3ccccc3O)cn2c1. The molecule has 0 aliphatic rings. The van der Waals surface area contributed by atoms with E-state index < -0.39 is 0 Å². The third-order valence-corrected chi connectivity index (χ3v) is 3.82. The van der Waals surface area contributed by atoms with E-state index in [1.807, 2.05) is 41.9 Å². The molecule has 2 aromatic heterocycles. The molecule has 6 nitrogen and oxygen atoms in total. The van der Waals surface area contributed by atoms with Gasteiger partial charge < -0.3 is 19.7 Å². The van der Waals surface area contributed by atoms with E-state index in [1.165, 1.54) is 4.90 Å². The maximum Gasteiger partial charge on any atom is 0.317 e. The first kappa shape index (κ1) is 15.9. The van der Waals surface area contributed by atoms with Crippen molar-refractivity contribution in [2.45, 2.75) is 20.0 Å². The van der Waals surface area contributed by atoms with Crippen molar-refractivity contribution in [2.75, 3.05) is 7.05 Å². The molecule has 3 aromatic rings. The number of rotatable bonds is 4. The number of hydrogen-bond donors (Lipinski definition) is 2. The molecule has 2 N–H and O–H groups in total. The minimum Gasteiger partial charge on any atom is -0.508 e. The van der Waals surface area contributed by atoms with E-state index in [2.05, 4.69) is 10.3 Å². The van der Waals surface area contributed by atoms with E-state index in [9.17, 15) is 9.90 Å². The van der Waals surface area contributed by atoms with Gasteiger partial charge in [-0.15, -0.1) is 0 Å². The minimum absolute atomic E-state index is 0.188. The second-order valence-electron chi connectivity index (χ2n) is 5.85. The number of phenols is 1. The van der Waals surface area contributed by atoms with Crippen molar-refractivity contribution in [2.24, 2.45) is 0 Å². The third kappa shape index (κ3) is 3.48. The summed E-state index contributed by atoms with van der Waals surface area (Å²) in [4.78, 5) is 18.2. The highest BCUT2D eigenvalue weighted by Gasteiger charge is 2.11. The Labute approximate surface area is 140 Å². The number of carbonyl (C=O) groups excluding carboxylic acids is 1. The number of para-hydroxylation sites is 1. The predicted molar refractivity (Wildman–Crippen MR) is 91.7 cm³/mol. The summed E-state index contributed by atoms with van der Waals surface area (Å²) >= 11 is 0. The van der Waals surface area contributed by atoms with Gasteiger partial charge in [0.1, 0.15) is 11.4 Å². The number of aromatic nitrogens is 2. The smallest absolute Gasteiger partial charge is 0.317 e. The summed E-state index contributed by atoms with van der Waals surface area (Å²) in [6.45, 7) is 2.71. The number of nitrogens with zero attached hydrogens (tertiary/aromatic N) is 3. The van der Waals surface area contributed by atoms with E-state index in [-0.39, 0.29) is 11.8 Å². The number of nitrogens with one attached hydrogen (secondary N) is 1. The summed E-state index contributed by atoms with van der Waals surface area (Å²) in [6, 6.07) is 10.7. The molecule has 2 heterocycles. The molecule has 0 spiro atoms. The Bertz CT molecular complexity index is 872. The molecule has 0 saturated carbocycles. The summed E-state index contributed by atoms with van der Waals surface area (Å²) in [6.07, 6.45) is 3.91. The van der Waals surface area contributed by atoms with Gasteiger partial charge in [0.15, 0.2) is 0 Å². The Hall–Kier alpha value is -3.02. The first-order valence-electron chi connectivity index (χ1n) is 7.73. The molecular formula is C18H20N4O2. The van der Waals surface area contributed by atoms with Crippen LogP contribution in [0.25, 0.3) is 5.65 Å². The fraction of sp³-hybridized carbons (Fsp3) is 0.222. The van der Waals surface area contributed by atoms with Crippen LogP contribution in [0.15, 0.2) is 48.8 Å². The molecule has 0 fully saturated rings. The van der Waals surface area contributed by atoms with Crippen molar-refractivity contribution in [1.82, 2.24) is 19.6 Å². The third-order valence-electron chi connectivity index (χ3n) is 3.82. The van der Waals surface area contributed by atoms with Crippen molar-refractivity contribution in [1.29, 1.82) is 0 Å². The molecule has 3 rings (SSSR count). The van der Waals surface area contributed by atoms with E-state index in [1.54, 1.807) is 25.2 Å². The number of pyridine rings is 1. The molecule has 0 radical (unpaired) electrons. The summed E-state index contributed by atoms with van der Waals surface area (Å²) in [5, 5.41) is 12.6. The lowest BCUT2D eigenvalue weighted by Gasteiger charge is -2.18. The van der Waals surface area contributed by atoms with Crippen LogP contribution in [0, 0.1) is 6.92 Å². The number of amides is 2. The van der Waals surface area contributed by atoms with Gasteiger partial charge in [-0.05, 0) is 24.6 Å². The number of urea groups is 1. The Morgan fingerprint density at radius 1 is 1.25 bits per heavy atom. The van der Waals surface area contributed by atoms with E-state index in [0.29, 0.717) is 18.7 Å². The number of aryl methyl sites for hydroxylation is 1. The monoisotopic (exact) mass is 324 g/mol. The molecular weight excluding hydrogens is 304 g/mol. The molecule has 0 aliphatic heterocycles. The van der Waals surface area contributed by atoms with Gasteiger partial charge in [0, 0.05) is 25.0 Å². The van der Waals surface area contributed by atoms with Crippen LogP contribution in [0.3, 0.4) is 0 Å². The van der Waals surface area contributed by atoms with Crippen LogP contribution in [-0.2, 0) is 13.1 Å². The molecule has 0 unspecified atom stereocenters. The van der Waals surface area contributed by atoms with Crippen LogP contribution in [-0.4, -0.2) is 32.5 Å². The van der Waals surface area contributed by atoms with Crippen LogP contribution in [0.5, 0.6) is 5.75 Å². The van der Waals surface area contributed by atoms with Gasteiger partial charge in [-0.1, -0.05) is 24.3 Å². The van der Waals surface area contributed by atoms with Crippen LogP contribution < -0.4 is 5.32 Å². The van der Waals surface area contributed by atoms with Crippen LogP contribution in [0.4, 0.5) is 4.79 Å². The van der Waals surface area contributed by atoms with E-state index in [4.69, 9.17) is 0 Å². The summed E-state index contributed by atoms with van der Waals surface area (Å²) < 4.78 is 1.95. The molecule has 24 heavy (non-hydrogen) atoms. The standard InChI is InChI=1S/C18H20N4O2/c1-13-7-8-17-20-15(12-22(17)10-13)9-19-18(24)21(2)11-14-5-3-4-6-16(14)23/h3-8,10,12,23H,9,11H2,1-2H3,(H,19,24). The largest absolute Gasteiger partial charge is 0.508 e. The lowest BCUT2D eigenvalue weighted by atomic mass is 10.2. The van der Waals surface area contributed by atoms with Crippen LogP contribution in [0.2, 0.25) is 0 Å². The normalized spacial score (nSPS) is 10.8. The van der Waals surface area contributed by atoms with Gasteiger partial charge in [0.05, 0.1) is 18.8 Å². The highest BCUT2D eigenvalue weighted by molar-refractivity contribution is 5.73. The van der Waals surface area contributed by atoms with Crippen LogP contribution in [0.1, 0.15) is 16.8 Å². The number of phenolic OH excluding ortho intramolecular Hbond substituents is 1. The molecule has 124 valence electrons. The zero-order valence-corrected chi connectivity index (χ0v) is 13.7. The Balaban J connectivity index is 1.60. The van der Waals surface area contributed by atoms with Crippen molar-refractivity contribution in [3.05, 3.63) is 65.6 Å². The van der Waals surface area contributed by atoms with Gasteiger partial charge in [-0.3, -0.25) is 0 Å². The Morgan fingerprint density at radius 2 is 2.04 bits per heavy atom. The molecule has 0 atom stereocenters. The fourth-order valence-corrected chi connectivity index (χ4v) is 2.51. The topological polar surface area (TPSA) is 69.9 Å². The molecule has 6 heteroatoms. The number of imidazole rings is 1. The summed E-state index contributed by atoms with van der Waals surface area (Å²) in [5.41, 5.74) is 3.51. The molecule has 1 aromatic carbocycles. The minimum atomic E-state index is -0.216. The number of hydrogen-bond acceptors (Lipinski definition) is 3. The first-order chi connectivity index (χ1) is 11.5. The van der Waals surface area contributed by atoms with Crippen molar-refractivity contribution < 1.29 is 9.90 Å². The number of carbonyl (C=O) groups is 1. The fourth-order valence-electron chi connectivity index (χ4n) is 2.51. The highest BCUT2D eigenvalue weighted by Crippen LogP contribution is 2.17. The lowest BCUT2D eigenvalue weighted by molar-refractivity contribution is 0.206. The predicted octanol–water partition coefficient (Wildman–Crippen LogP) is 2.69. The second kappa shape index (κ2) is 6.62. The number of fused-ring (bicyclic) bond motifs is 1. The first-order valence-corrected chi connectivity index (χ1v) is 7.73. The zero-order chi connectivity index (χ0) is 17.1. The molecule has 0 bridgehead atoms. The molecule has 0 saturated heterocycles. The zero-order valence-electron chi connectivity index (χ0n) is 13.7. The van der Waals surface area contributed by atoms with Crippen molar-refractivity contribution in [3.63, 3.8) is 0 Å². The van der Waals surface area contributed by atoms with Crippen LogP contribution >= 0.6 is 0 Å². The summed E-state index contributed by atoms with van der Waals surface area (Å²) in [7, 11) is 1.69. The highest BCUT2D eigenvalue weighted by atomic mass is 16.3. The van der Waals surface area contributed by atoms with Gasteiger partial charge in [0.2, 0.25) is 0 Å².